The molecule has 0 spiro atoms. The molecule has 0 saturated carbocycles. The van der Waals surface area contributed by atoms with Crippen molar-refractivity contribution < 1.29 is 79.2 Å². The first-order valence-electron chi connectivity index (χ1n) is 2.26. The fourth-order valence-corrected chi connectivity index (χ4v) is 0.250. The van der Waals surface area contributed by atoms with Gasteiger partial charge in [-0.05, 0) is 0 Å². The zero-order valence-electron chi connectivity index (χ0n) is 5.77. The summed E-state index contributed by atoms with van der Waals surface area (Å²) in [5, 5.41) is 9.48. The minimum Gasteiger partial charge on any atom is -0.548 e. The number of carbonyl (C=O) groups is 1. The van der Waals surface area contributed by atoms with Gasteiger partial charge in [0.25, 0.3) is 0 Å². The van der Waals surface area contributed by atoms with Gasteiger partial charge in [0, 0.05) is 0 Å². The molecular formula is C4H4F3KO3. The van der Waals surface area contributed by atoms with E-state index < -0.39 is 25.4 Å². The number of hydrogen-bond donors (Lipinski definition) is 0. The Morgan fingerprint density at radius 3 is 2.18 bits per heavy atom. The van der Waals surface area contributed by atoms with Gasteiger partial charge in [0.15, 0.2) is 0 Å². The summed E-state index contributed by atoms with van der Waals surface area (Å²) in [6, 6.07) is 0. The van der Waals surface area contributed by atoms with Gasteiger partial charge in [-0.1, -0.05) is 0 Å². The van der Waals surface area contributed by atoms with Crippen LogP contribution in [0.1, 0.15) is 0 Å². The Morgan fingerprint density at radius 1 is 1.45 bits per heavy atom. The number of carbonyl (C=O) groups excluding carboxylic acids is 1. The molecule has 0 aromatic rings. The number of carboxylic acids is 1. The molecule has 0 heterocycles. The van der Waals surface area contributed by atoms with Crippen molar-refractivity contribution in [3.8, 4) is 0 Å². The van der Waals surface area contributed by atoms with Gasteiger partial charge in [-0.25, -0.2) is 0 Å². The molecule has 0 aliphatic carbocycles. The Labute approximate surface area is 103 Å². The molecule has 0 aromatic heterocycles. The van der Waals surface area contributed by atoms with Gasteiger partial charge >= 0.3 is 57.6 Å². The van der Waals surface area contributed by atoms with Gasteiger partial charge in [-0.15, -0.1) is 0 Å². The van der Waals surface area contributed by atoms with E-state index in [9.17, 15) is 23.1 Å². The number of carboxylic acid groups (broad SMARTS) is 1. The summed E-state index contributed by atoms with van der Waals surface area (Å²) in [6.45, 7) is -2.58. The molecule has 0 amide bonds. The van der Waals surface area contributed by atoms with Crippen LogP contribution < -0.4 is 56.5 Å². The number of halogens is 3. The molecule has 0 bridgehead atoms. The summed E-state index contributed by atoms with van der Waals surface area (Å²) >= 11 is 0. The standard InChI is InChI=1S/C4H5F3O3.K/c5-4(6,7)2-10-1-3(8)9;/h1-2H2,(H,8,9);/q;+1/p-1. The largest absolute Gasteiger partial charge is 1.00 e. The van der Waals surface area contributed by atoms with E-state index in [1.807, 2.05) is 0 Å². The van der Waals surface area contributed by atoms with Gasteiger partial charge in [0.2, 0.25) is 0 Å². The summed E-state index contributed by atoms with van der Waals surface area (Å²) in [7, 11) is 0. The Morgan fingerprint density at radius 2 is 1.91 bits per heavy atom. The van der Waals surface area contributed by atoms with Crippen LogP contribution in [0.5, 0.6) is 0 Å². The number of aliphatic carboxylic acids is 1. The van der Waals surface area contributed by atoms with Crippen LogP contribution in [0.25, 0.3) is 0 Å². The zero-order chi connectivity index (χ0) is 8.20. The fraction of sp³-hybridized carbons (Fsp3) is 0.750. The van der Waals surface area contributed by atoms with Crippen molar-refractivity contribution >= 4 is 5.97 Å². The summed E-state index contributed by atoms with van der Waals surface area (Å²) in [5.74, 6) is -1.66. The molecule has 0 unspecified atom stereocenters. The first-order valence-corrected chi connectivity index (χ1v) is 2.26. The predicted octanol–water partition coefficient (Wildman–Crippen LogP) is -3.68. The monoisotopic (exact) mass is 196 g/mol. The molecule has 0 saturated heterocycles. The van der Waals surface area contributed by atoms with Crippen molar-refractivity contribution in [1.82, 2.24) is 0 Å². The second kappa shape index (κ2) is 6.38. The van der Waals surface area contributed by atoms with E-state index in [0.29, 0.717) is 0 Å². The first kappa shape index (κ1) is 14.4. The van der Waals surface area contributed by atoms with Crippen LogP contribution in [0.4, 0.5) is 13.2 Å². The summed E-state index contributed by atoms with van der Waals surface area (Å²) in [6.07, 6.45) is -4.48. The smallest absolute Gasteiger partial charge is 0.548 e. The molecule has 0 atom stereocenters. The van der Waals surface area contributed by atoms with Crippen molar-refractivity contribution in [1.29, 1.82) is 0 Å². The molecular weight excluding hydrogens is 192 g/mol. The van der Waals surface area contributed by atoms with Crippen LogP contribution in [0, 0.1) is 0 Å². The molecule has 3 nitrogen and oxygen atoms in total. The van der Waals surface area contributed by atoms with E-state index >= 15 is 0 Å². The minimum atomic E-state index is -4.48. The summed E-state index contributed by atoms with van der Waals surface area (Å²) in [4.78, 5) is 9.48. The van der Waals surface area contributed by atoms with Crippen LogP contribution in [0.3, 0.4) is 0 Å². The third-order valence-corrected chi connectivity index (χ3v) is 0.486. The van der Waals surface area contributed by atoms with Crippen LogP contribution >= 0.6 is 0 Å². The van der Waals surface area contributed by atoms with Gasteiger partial charge in [0.1, 0.15) is 6.61 Å². The topological polar surface area (TPSA) is 49.4 Å². The van der Waals surface area contributed by atoms with Crippen molar-refractivity contribution in [3.63, 3.8) is 0 Å². The minimum absolute atomic E-state index is 0. The number of rotatable bonds is 3. The second-order valence-electron chi connectivity index (χ2n) is 1.48. The van der Waals surface area contributed by atoms with Gasteiger partial charge in [-0.3, -0.25) is 0 Å². The molecule has 7 heteroatoms. The average Bonchev–Trinajstić information content (AvgIpc) is 1.59. The number of hydrogen-bond acceptors (Lipinski definition) is 3. The molecule has 11 heavy (non-hydrogen) atoms. The van der Waals surface area contributed by atoms with Crippen LogP contribution in [-0.2, 0) is 9.53 Å². The first-order chi connectivity index (χ1) is 4.42. The third-order valence-electron chi connectivity index (χ3n) is 0.486. The van der Waals surface area contributed by atoms with E-state index in [4.69, 9.17) is 0 Å². The third kappa shape index (κ3) is 13.8. The van der Waals surface area contributed by atoms with E-state index in [0.717, 1.165) is 0 Å². The van der Waals surface area contributed by atoms with Gasteiger partial charge < -0.3 is 14.6 Å². The van der Waals surface area contributed by atoms with E-state index in [1.54, 1.807) is 0 Å². The molecule has 0 aromatic carbocycles. The Balaban J connectivity index is 0. The van der Waals surface area contributed by atoms with E-state index in [1.165, 1.54) is 0 Å². The Kier molecular flexibility index (Phi) is 8.34. The molecule has 0 fully saturated rings. The molecule has 0 aliphatic heterocycles. The molecule has 60 valence electrons. The van der Waals surface area contributed by atoms with Crippen molar-refractivity contribution in [2.24, 2.45) is 0 Å². The Hall–Kier alpha value is 0.856. The van der Waals surface area contributed by atoms with Gasteiger partial charge in [-0.2, -0.15) is 13.2 Å². The van der Waals surface area contributed by atoms with E-state index in [-0.39, 0.29) is 51.4 Å². The maximum atomic E-state index is 11.2. The van der Waals surface area contributed by atoms with Crippen molar-refractivity contribution in [2.75, 3.05) is 13.2 Å². The molecule has 0 aliphatic rings. The zero-order valence-corrected chi connectivity index (χ0v) is 8.90. The Bertz CT molecular complexity index is 124. The maximum absolute atomic E-state index is 11.2. The van der Waals surface area contributed by atoms with Crippen LogP contribution in [0.15, 0.2) is 0 Å². The SMILES string of the molecule is O=C([O-])COCC(F)(F)F.[K+]. The normalized spacial score (nSPS) is 10.5. The average molecular weight is 196 g/mol. The fourth-order valence-electron chi connectivity index (χ4n) is 0.250. The molecule has 0 rings (SSSR count). The molecule has 0 N–H and O–H groups in total. The number of alkyl halides is 3. The second-order valence-corrected chi connectivity index (χ2v) is 1.48. The van der Waals surface area contributed by atoms with E-state index in [2.05, 4.69) is 4.74 Å². The predicted molar refractivity (Wildman–Crippen MR) is 21.9 cm³/mol. The summed E-state index contributed by atoms with van der Waals surface area (Å²) in [5.41, 5.74) is 0. The van der Waals surface area contributed by atoms with Crippen LogP contribution in [0.2, 0.25) is 0 Å². The summed E-state index contributed by atoms with van der Waals surface area (Å²) < 4.78 is 37.2. The quantitative estimate of drug-likeness (QED) is 0.437. The van der Waals surface area contributed by atoms with Crippen molar-refractivity contribution in [3.05, 3.63) is 0 Å². The maximum Gasteiger partial charge on any atom is 1.00 e. The van der Waals surface area contributed by atoms with Gasteiger partial charge in [0.05, 0.1) is 12.6 Å². The number of ether oxygens (including phenoxy) is 1. The molecule has 0 radical (unpaired) electrons. The van der Waals surface area contributed by atoms with Crippen LogP contribution in [-0.4, -0.2) is 25.4 Å². The van der Waals surface area contributed by atoms with Crippen molar-refractivity contribution in [2.45, 2.75) is 6.18 Å².